The van der Waals surface area contributed by atoms with E-state index in [4.69, 9.17) is 4.42 Å². The van der Waals surface area contributed by atoms with Crippen molar-refractivity contribution in [2.24, 2.45) is 16.3 Å². The molecule has 1 aliphatic carbocycles. The van der Waals surface area contributed by atoms with Crippen molar-refractivity contribution >= 4 is 38.5 Å². The van der Waals surface area contributed by atoms with Crippen LogP contribution in [-0.2, 0) is 12.8 Å². The van der Waals surface area contributed by atoms with Crippen LogP contribution in [0.5, 0.6) is 0 Å². The summed E-state index contributed by atoms with van der Waals surface area (Å²) in [6.07, 6.45) is 4.88. The number of halogens is 1. The van der Waals surface area contributed by atoms with Gasteiger partial charge in [0, 0.05) is 14.9 Å². The summed E-state index contributed by atoms with van der Waals surface area (Å²) in [4.78, 5) is 5.96. The molecular formula is C24H23BrN2OS. The number of thiophene rings is 1. The van der Waals surface area contributed by atoms with Gasteiger partial charge in [0.05, 0.1) is 11.8 Å². The van der Waals surface area contributed by atoms with Crippen LogP contribution in [-0.4, -0.2) is 6.21 Å². The van der Waals surface area contributed by atoms with E-state index in [2.05, 4.69) is 47.8 Å². The minimum absolute atomic E-state index is 0.287. The molecule has 3 nitrogen and oxygen atoms in total. The Labute approximate surface area is 184 Å². The molecule has 2 aromatic heterocycles. The third-order valence-electron chi connectivity index (χ3n) is 5.65. The van der Waals surface area contributed by atoms with Gasteiger partial charge >= 0.3 is 0 Å². The molecule has 2 heterocycles. The lowest BCUT2D eigenvalue weighted by Gasteiger charge is -2.33. The Hall–Kier alpha value is -2.16. The summed E-state index contributed by atoms with van der Waals surface area (Å²) in [5.74, 6) is 2.14. The maximum Gasteiger partial charge on any atom is 0.145 e. The molecule has 0 bridgehead atoms. The van der Waals surface area contributed by atoms with Gasteiger partial charge in [-0.1, -0.05) is 48.8 Å². The fraction of sp³-hybridized carbons (Fsp3) is 0.333. The first-order valence-electron chi connectivity index (χ1n) is 9.79. The summed E-state index contributed by atoms with van der Waals surface area (Å²) in [6, 6.07) is 14.3. The van der Waals surface area contributed by atoms with Crippen LogP contribution in [0, 0.1) is 22.7 Å². The standard InChI is InChI=1S/C24H23BrN2OS/c1-24(2,3)16-6-10-19-20(13-26)23(29-22(19)12-16)27-14-18-9-11-21(28-18)15-4-7-17(25)8-5-15/h4-5,7-9,11,14,16H,6,10,12H2,1-3H3/t16-/m0/s1. The van der Waals surface area contributed by atoms with Crippen LogP contribution >= 0.6 is 27.3 Å². The number of benzene rings is 1. The summed E-state index contributed by atoms with van der Waals surface area (Å²) in [5, 5.41) is 10.5. The van der Waals surface area contributed by atoms with E-state index in [0.29, 0.717) is 11.7 Å². The van der Waals surface area contributed by atoms with E-state index in [1.165, 1.54) is 10.4 Å². The lowest BCUT2D eigenvalue weighted by molar-refractivity contribution is 0.218. The van der Waals surface area contributed by atoms with Gasteiger partial charge in [-0.2, -0.15) is 5.26 Å². The fourth-order valence-electron chi connectivity index (χ4n) is 3.83. The molecule has 0 unspecified atom stereocenters. The quantitative estimate of drug-likeness (QED) is 0.374. The van der Waals surface area contributed by atoms with E-state index in [1.807, 2.05) is 36.4 Å². The molecule has 0 saturated carbocycles. The molecule has 0 aliphatic heterocycles. The first-order chi connectivity index (χ1) is 13.8. The van der Waals surface area contributed by atoms with Crippen molar-refractivity contribution in [2.75, 3.05) is 0 Å². The Morgan fingerprint density at radius 3 is 2.66 bits per heavy atom. The van der Waals surface area contributed by atoms with Gasteiger partial charge in [-0.3, -0.25) is 0 Å². The highest BCUT2D eigenvalue weighted by Gasteiger charge is 2.32. The third kappa shape index (κ3) is 4.24. The molecule has 0 fully saturated rings. The second-order valence-electron chi connectivity index (χ2n) is 8.57. The Bertz CT molecular complexity index is 1090. The Kier molecular flexibility index (Phi) is 5.50. The number of furan rings is 1. The molecule has 3 aromatic rings. The first kappa shape index (κ1) is 20.1. The van der Waals surface area contributed by atoms with Crippen LogP contribution in [0.2, 0.25) is 0 Å². The normalized spacial score (nSPS) is 16.7. The highest BCUT2D eigenvalue weighted by atomic mass is 79.9. The summed E-state index contributed by atoms with van der Waals surface area (Å²) in [7, 11) is 0. The third-order valence-corrected chi connectivity index (χ3v) is 7.34. The molecule has 0 saturated heterocycles. The van der Waals surface area contributed by atoms with Gasteiger partial charge in [0.1, 0.15) is 22.6 Å². The monoisotopic (exact) mass is 466 g/mol. The van der Waals surface area contributed by atoms with Crippen LogP contribution < -0.4 is 0 Å². The molecule has 0 radical (unpaired) electrons. The second-order valence-corrected chi connectivity index (χ2v) is 10.6. The number of hydrogen-bond donors (Lipinski definition) is 0. The lowest BCUT2D eigenvalue weighted by Crippen LogP contribution is -2.26. The zero-order valence-corrected chi connectivity index (χ0v) is 19.2. The van der Waals surface area contributed by atoms with Crippen molar-refractivity contribution in [3.8, 4) is 17.4 Å². The predicted octanol–water partition coefficient (Wildman–Crippen LogP) is 7.54. The molecule has 1 atom stereocenters. The maximum absolute atomic E-state index is 9.72. The summed E-state index contributed by atoms with van der Waals surface area (Å²) < 4.78 is 6.96. The summed E-state index contributed by atoms with van der Waals surface area (Å²) >= 11 is 5.11. The van der Waals surface area contributed by atoms with Crippen molar-refractivity contribution < 1.29 is 4.42 Å². The highest BCUT2D eigenvalue weighted by molar-refractivity contribution is 9.10. The molecule has 1 aliphatic rings. The highest BCUT2D eigenvalue weighted by Crippen LogP contribution is 2.44. The molecule has 29 heavy (non-hydrogen) atoms. The van der Waals surface area contributed by atoms with Gasteiger partial charge in [0.25, 0.3) is 0 Å². The molecule has 148 valence electrons. The fourth-order valence-corrected chi connectivity index (χ4v) is 5.32. The van der Waals surface area contributed by atoms with Crippen molar-refractivity contribution in [3.63, 3.8) is 0 Å². The van der Waals surface area contributed by atoms with Gasteiger partial charge in [0.2, 0.25) is 0 Å². The number of nitrogens with zero attached hydrogens (tertiary/aromatic N) is 2. The molecule has 4 rings (SSSR count). The smallest absolute Gasteiger partial charge is 0.145 e. The van der Waals surface area contributed by atoms with Gasteiger partial charge < -0.3 is 4.42 Å². The van der Waals surface area contributed by atoms with Crippen LogP contribution in [0.4, 0.5) is 5.00 Å². The van der Waals surface area contributed by atoms with Crippen LogP contribution in [0.1, 0.15) is 49.0 Å². The van der Waals surface area contributed by atoms with E-state index >= 15 is 0 Å². The van der Waals surface area contributed by atoms with Crippen molar-refractivity contribution in [1.82, 2.24) is 0 Å². The van der Waals surface area contributed by atoms with E-state index < -0.39 is 0 Å². The van der Waals surface area contributed by atoms with Crippen LogP contribution in [0.3, 0.4) is 0 Å². The minimum Gasteiger partial charge on any atom is -0.455 e. The molecule has 5 heteroatoms. The topological polar surface area (TPSA) is 49.3 Å². The second kappa shape index (κ2) is 7.93. The van der Waals surface area contributed by atoms with Gasteiger partial charge in [-0.25, -0.2) is 4.99 Å². The molecule has 0 spiro atoms. The maximum atomic E-state index is 9.72. The average Bonchev–Trinajstić information content (AvgIpc) is 3.29. The predicted molar refractivity (Wildman–Crippen MR) is 123 cm³/mol. The molecule has 0 amide bonds. The lowest BCUT2D eigenvalue weighted by atomic mass is 9.72. The molecule has 0 N–H and O–H groups in total. The number of rotatable bonds is 3. The van der Waals surface area contributed by atoms with E-state index in [0.717, 1.165) is 45.6 Å². The van der Waals surface area contributed by atoms with E-state index in [9.17, 15) is 5.26 Å². The zero-order chi connectivity index (χ0) is 20.6. The average molecular weight is 467 g/mol. The first-order valence-corrected chi connectivity index (χ1v) is 11.4. The number of fused-ring (bicyclic) bond motifs is 1. The zero-order valence-electron chi connectivity index (χ0n) is 16.8. The van der Waals surface area contributed by atoms with Crippen molar-refractivity contribution in [3.05, 3.63) is 62.6 Å². The summed E-state index contributed by atoms with van der Waals surface area (Å²) in [5.41, 5.74) is 3.26. The summed E-state index contributed by atoms with van der Waals surface area (Å²) in [6.45, 7) is 6.92. The van der Waals surface area contributed by atoms with Gasteiger partial charge in [-0.05, 0) is 60.4 Å². The van der Waals surface area contributed by atoms with E-state index in [1.54, 1.807) is 17.6 Å². The largest absolute Gasteiger partial charge is 0.455 e. The van der Waals surface area contributed by atoms with E-state index in [-0.39, 0.29) is 5.41 Å². The number of hydrogen-bond acceptors (Lipinski definition) is 4. The Morgan fingerprint density at radius 1 is 1.21 bits per heavy atom. The Morgan fingerprint density at radius 2 is 1.97 bits per heavy atom. The van der Waals surface area contributed by atoms with Crippen molar-refractivity contribution in [2.45, 2.75) is 40.0 Å². The molecule has 1 aromatic carbocycles. The van der Waals surface area contributed by atoms with Gasteiger partial charge in [0.15, 0.2) is 0 Å². The number of nitriles is 1. The SMILES string of the molecule is CC(C)(C)[C@H]1CCc2c(sc(N=Cc3ccc(-c4ccc(Br)cc4)o3)c2C#N)C1. The Balaban J connectivity index is 1.58. The van der Waals surface area contributed by atoms with Crippen LogP contribution in [0.25, 0.3) is 11.3 Å². The van der Waals surface area contributed by atoms with Crippen LogP contribution in [0.15, 0.2) is 50.3 Å². The minimum atomic E-state index is 0.287. The van der Waals surface area contributed by atoms with Crippen molar-refractivity contribution in [1.29, 1.82) is 5.26 Å². The number of aliphatic imine (C=N–C) groups is 1. The molecular weight excluding hydrogens is 444 g/mol. The van der Waals surface area contributed by atoms with Gasteiger partial charge in [-0.15, -0.1) is 11.3 Å².